The molecule has 1 atom stereocenters. The molecular formula is C12H22N4O. The van der Waals surface area contributed by atoms with Crippen LogP contribution in [0.3, 0.4) is 0 Å². The van der Waals surface area contributed by atoms with E-state index in [9.17, 15) is 5.11 Å². The molecule has 2 heterocycles. The molecule has 0 bridgehead atoms. The molecule has 0 amide bonds. The fourth-order valence-corrected chi connectivity index (χ4v) is 2.47. The summed E-state index contributed by atoms with van der Waals surface area (Å²) < 4.78 is 1.95. The summed E-state index contributed by atoms with van der Waals surface area (Å²) in [7, 11) is 0. The van der Waals surface area contributed by atoms with Crippen LogP contribution < -0.4 is 0 Å². The summed E-state index contributed by atoms with van der Waals surface area (Å²) in [5.41, 5.74) is 0. The number of rotatable bonds is 4. The van der Waals surface area contributed by atoms with Crippen LogP contribution >= 0.6 is 0 Å². The van der Waals surface area contributed by atoms with Gasteiger partial charge in [0.15, 0.2) is 0 Å². The minimum atomic E-state index is -0.170. The number of likely N-dealkylation sites (tertiary alicyclic amines) is 1. The highest BCUT2D eigenvalue weighted by Crippen LogP contribution is 2.21. The molecule has 1 aromatic heterocycles. The molecule has 0 aliphatic carbocycles. The van der Waals surface area contributed by atoms with Crippen LogP contribution in [0.1, 0.15) is 32.5 Å². The first-order chi connectivity index (χ1) is 8.20. The van der Waals surface area contributed by atoms with Gasteiger partial charge in [-0.15, -0.1) is 0 Å². The maximum atomic E-state index is 9.56. The highest BCUT2D eigenvalue weighted by atomic mass is 16.3. The van der Waals surface area contributed by atoms with Crippen LogP contribution in [-0.4, -0.2) is 44.0 Å². The highest BCUT2D eigenvalue weighted by Gasteiger charge is 2.23. The molecule has 1 unspecified atom stereocenters. The SMILES string of the molecule is CCn1ncnc1CN1CCC(C(C)O)CC1. The first kappa shape index (κ1) is 12.5. The predicted octanol–water partition coefficient (Wildman–Crippen LogP) is 0.891. The van der Waals surface area contributed by atoms with Crippen LogP contribution in [-0.2, 0) is 13.1 Å². The molecule has 1 aliphatic heterocycles. The van der Waals surface area contributed by atoms with Crippen LogP contribution in [0, 0.1) is 5.92 Å². The molecule has 2 rings (SSSR count). The van der Waals surface area contributed by atoms with Crippen molar-refractivity contribution in [2.45, 2.75) is 45.9 Å². The summed E-state index contributed by atoms with van der Waals surface area (Å²) in [6.07, 6.45) is 3.62. The van der Waals surface area contributed by atoms with Gasteiger partial charge in [-0.2, -0.15) is 5.10 Å². The van der Waals surface area contributed by atoms with Gasteiger partial charge in [-0.1, -0.05) is 0 Å². The van der Waals surface area contributed by atoms with Gasteiger partial charge in [-0.25, -0.2) is 9.67 Å². The molecule has 0 radical (unpaired) electrons. The molecule has 1 aliphatic rings. The van der Waals surface area contributed by atoms with Crippen LogP contribution in [0.5, 0.6) is 0 Å². The molecular weight excluding hydrogens is 216 g/mol. The Balaban J connectivity index is 1.86. The van der Waals surface area contributed by atoms with E-state index >= 15 is 0 Å². The van der Waals surface area contributed by atoms with Crippen molar-refractivity contribution in [3.05, 3.63) is 12.2 Å². The van der Waals surface area contributed by atoms with Crippen LogP contribution in [0.15, 0.2) is 6.33 Å². The first-order valence-corrected chi connectivity index (χ1v) is 6.47. The number of nitrogens with zero attached hydrogens (tertiary/aromatic N) is 4. The van der Waals surface area contributed by atoms with Crippen molar-refractivity contribution in [3.63, 3.8) is 0 Å². The second kappa shape index (κ2) is 5.60. The van der Waals surface area contributed by atoms with Gasteiger partial charge in [-0.3, -0.25) is 4.90 Å². The normalized spacial score (nSPS) is 20.6. The van der Waals surface area contributed by atoms with E-state index in [1.807, 2.05) is 11.6 Å². The Kier molecular flexibility index (Phi) is 4.12. The fourth-order valence-electron chi connectivity index (χ4n) is 2.47. The number of piperidine rings is 1. The van der Waals surface area contributed by atoms with E-state index in [0.29, 0.717) is 5.92 Å². The van der Waals surface area contributed by atoms with E-state index in [4.69, 9.17) is 0 Å². The number of hydrogen-bond donors (Lipinski definition) is 1. The predicted molar refractivity (Wildman–Crippen MR) is 65.4 cm³/mol. The number of aliphatic hydroxyl groups excluding tert-OH is 1. The van der Waals surface area contributed by atoms with Gasteiger partial charge >= 0.3 is 0 Å². The molecule has 5 heteroatoms. The Morgan fingerprint density at radius 3 is 2.76 bits per heavy atom. The zero-order chi connectivity index (χ0) is 12.3. The zero-order valence-corrected chi connectivity index (χ0v) is 10.7. The molecule has 17 heavy (non-hydrogen) atoms. The first-order valence-electron chi connectivity index (χ1n) is 6.47. The van der Waals surface area contributed by atoms with Crippen molar-refractivity contribution in [2.24, 2.45) is 5.92 Å². The third kappa shape index (κ3) is 3.04. The van der Waals surface area contributed by atoms with Crippen LogP contribution in [0.25, 0.3) is 0 Å². The van der Waals surface area contributed by atoms with Crippen molar-refractivity contribution >= 4 is 0 Å². The maximum Gasteiger partial charge on any atom is 0.140 e. The summed E-state index contributed by atoms with van der Waals surface area (Å²) in [6, 6.07) is 0. The molecule has 0 saturated carbocycles. The van der Waals surface area contributed by atoms with E-state index in [1.165, 1.54) is 0 Å². The molecule has 5 nitrogen and oxygen atoms in total. The lowest BCUT2D eigenvalue weighted by molar-refractivity contribution is 0.0682. The molecule has 0 aromatic carbocycles. The number of aryl methyl sites for hydroxylation is 1. The number of aliphatic hydroxyl groups is 1. The van der Waals surface area contributed by atoms with Crippen LogP contribution in [0.4, 0.5) is 0 Å². The summed E-state index contributed by atoms with van der Waals surface area (Å²) in [4.78, 5) is 6.69. The third-order valence-corrected chi connectivity index (χ3v) is 3.67. The minimum Gasteiger partial charge on any atom is -0.393 e. The second-order valence-corrected chi connectivity index (χ2v) is 4.85. The lowest BCUT2D eigenvalue weighted by atomic mass is 9.92. The molecule has 1 aromatic rings. The number of hydrogen-bond acceptors (Lipinski definition) is 4. The average Bonchev–Trinajstić information content (AvgIpc) is 2.77. The van der Waals surface area contributed by atoms with Gasteiger partial charge in [0.1, 0.15) is 12.2 Å². The average molecular weight is 238 g/mol. The van der Waals surface area contributed by atoms with Gasteiger partial charge in [0.05, 0.1) is 12.6 Å². The van der Waals surface area contributed by atoms with Gasteiger partial charge in [0.25, 0.3) is 0 Å². The quantitative estimate of drug-likeness (QED) is 0.846. The Labute approximate surface area is 102 Å². The topological polar surface area (TPSA) is 54.2 Å². The molecule has 1 fully saturated rings. The van der Waals surface area contributed by atoms with Crippen molar-refractivity contribution < 1.29 is 5.11 Å². The fraction of sp³-hybridized carbons (Fsp3) is 0.833. The summed E-state index contributed by atoms with van der Waals surface area (Å²) >= 11 is 0. The van der Waals surface area contributed by atoms with E-state index in [1.54, 1.807) is 6.33 Å². The lowest BCUT2D eigenvalue weighted by Crippen LogP contribution is -2.37. The van der Waals surface area contributed by atoms with Gasteiger partial charge in [0.2, 0.25) is 0 Å². The summed E-state index contributed by atoms with van der Waals surface area (Å²) in [5.74, 6) is 1.51. The largest absolute Gasteiger partial charge is 0.393 e. The van der Waals surface area contributed by atoms with Gasteiger partial charge in [0, 0.05) is 6.54 Å². The standard InChI is InChI=1S/C12H22N4O/c1-3-16-12(13-9-14-16)8-15-6-4-11(5-7-15)10(2)17/h9-11,17H,3-8H2,1-2H3. The van der Waals surface area contributed by atoms with E-state index < -0.39 is 0 Å². The van der Waals surface area contributed by atoms with Crippen molar-refractivity contribution in [1.29, 1.82) is 0 Å². The number of aromatic nitrogens is 3. The Morgan fingerprint density at radius 2 is 2.18 bits per heavy atom. The Bertz CT molecular complexity index is 342. The van der Waals surface area contributed by atoms with Crippen molar-refractivity contribution in [1.82, 2.24) is 19.7 Å². The minimum absolute atomic E-state index is 0.170. The second-order valence-electron chi connectivity index (χ2n) is 4.85. The molecule has 0 spiro atoms. The third-order valence-electron chi connectivity index (χ3n) is 3.67. The van der Waals surface area contributed by atoms with E-state index in [-0.39, 0.29) is 6.10 Å². The Hall–Kier alpha value is -0.940. The lowest BCUT2D eigenvalue weighted by Gasteiger charge is -2.32. The summed E-state index contributed by atoms with van der Waals surface area (Å²) in [5, 5.41) is 13.7. The smallest absolute Gasteiger partial charge is 0.140 e. The monoisotopic (exact) mass is 238 g/mol. The van der Waals surface area contributed by atoms with Crippen molar-refractivity contribution in [3.8, 4) is 0 Å². The van der Waals surface area contributed by atoms with Gasteiger partial charge in [-0.05, 0) is 45.7 Å². The van der Waals surface area contributed by atoms with E-state index in [2.05, 4.69) is 21.9 Å². The molecule has 1 saturated heterocycles. The Morgan fingerprint density at radius 1 is 1.47 bits per heavy atom. The van der Waals surface area contributed by atoms with Crippen molar-refractivity contribution in [2.75, 3.05) is 13.1 Å². The van der Waals surface area contributed by atoms with Crippen LogP contribution in [0.2, 0.25) is 0 Å². The summed E-state index contributed by atoms with van der Waals surface area (Å²) in [6.45, 7) is 7.82. The van der Waals surface area contributed by atoms with Gasteiger partial charge < -0.3 is 5.11 Å². The highest BCUT2D eigenvalue weighted by molar-refractivity contribution is 4.86. The molecule has 1 N–H and O–H groups in total. The maximum absolute atomic E-state index is 9.56. The zero-order valence-electron chi connectivity index (χ0n) is 10.7. The van der Waals surface area contributed by atoms with E-state index in [0.717, 1.165) is 44.8 Å². The molecule has 96 valence electrons.